The monoisotopic (exact) mass is 671 g/mol. The van der Waals surface area contributed by atoms with Gasteiger partial charge in [0.25, 0.3) is 0 Å². The Kier molecular flexibility index (Phi) is 10.6. The van der Waals surface area contributed by atoms with Gasteiger partial charge >= 0.3 is 12.5 Å². The number of hydrogen-bond acceptors (Lipinski definition) is 5. The Hall–Kier alpha value is -5.09. The van der Waals surface area contributed by atoms with Gasteiger partial charge in [0.15, 0.2) is 11.5 Å². The zero-order valence-electron chi connectivity index (χ0n) is 27.1. The van der Waals surface area contributed by atoms with Crippen molar-refractivity contribution in [2.24, 2.45) is 0 Å². The Morgan fingerprint density at radius 1 is 0.837 bits per heavy atom. The smallest absolute Gasteiger partial charge is 0.454 e. The van der Waals surface area contributed by atoms with Crippen molar-refractivity contribution in [2.75, 3.05) is 6.79 Å². The van der Waals surface area contributed by atoms with E-state index >= 15 is 0 Å². The third-order valence-corrected chi connectivity index (χ3v) is 8.13. The summed E-state index contributed by atoms with van der Waals surface area (Å²) in [4.78, 5) is 7.33. The van der Waals surface area contributed by atoms with Crippen LogP contribution in [0.4, 0.5) is 17.6 Å². The Morgan fingerprint density at radius 2 is 1.55 bits per heavy atom. The summed E-state index contributed by atoms with van der Waals surface area (Å²) in [5, 5.41) is 0. The molecule has 0 amide bonds. The fraction of sp³-hybridized carbons (Fsp3) is 0.256. The van der Waals surface area contributed by atoms with Crippen molar-refractivity contribution in [3.8, 4) is 28.6 Å². The molecular formula is C39H37F4N3O3. The van der Waals surface area contributed by atoms with Crippen LogP contribution in [0.25, 0.3) is 23.5 Å². The average molecular weight is 672 g/mol. The lowest BCUT2D eigenvalue weighted by Gasteiger charge is -2.25. The topological polar surface area (TPSA) is 48.8 Å². The Bertz CT molecular complexity index is 1860. The Morgan fingerprint density at radius 3 is 2.29 bits per heavy atom. The number of benzene rings is 4. The quantitative estimate of drug-likeness (QED) is 0.104. The van der Waals surface area contributed by atoms with Crippen molar-refractivity contribution < 1.29 is 31.8 Å². The normalized spacial score (nSPS) is 12.8. The molecule has 0 atom stereocenters. The molecule has 0 N–H and O–H groups in total. The molecule has 0 unspecified atom stereocenters. The fourth-order valence-corrected chi connectivity index (χ4v) is 5.75. The van der Waals surface area contributed by atoms with Crippen LogP contribution in [0.1, 0.15) is 47.8 Å². The van der Waals surface area contributed by atoms with Crippen molar-refractivity contribution in [3.05, 3.63) is 131 Å². The van der Waals surface area contributed by atoms with Gasteiger partial charge in [0.05, 0.1) is 11.4 Å². The summed E-state index contributed by atoms with van der Waals surface area (Å²) in [7, 11) is 0. The first-order chi connectivity index (χ1) is 23.8. The third kappa shape index (κ3) is 8.50. The van der Waals surface area contributed by atoms with E-state index < -0.39 is 12.5 Å². The minimum absolute atomic E-state index is 0.147. The molecule has 49 heavy (non-hydrogen) atoms. The van der Waals surface area contributed by atoms with Gasteiger partial charge in [0.1, 0.15) is 11.6 Å². The number of hydrogen-bond donors (Lipinski definition) is 0. The van der Waals surface area contributed by atoms with Crippen molar-refractivity contribution in [2.45, 2.75) is 58.5 Å². The van der Waals surface area contributed by atoms with Crippen LogP contribution in [0, 0.1) is 0 Å². The second kappa shape index (κ2) is 15.4. The first-order valence-electron chi connectivity index (χ1n) is 16.2. The summed E-state index contributed by atoms with van der Waals surface area (Å²) in [5.74, 6) is 1.83. The highest BCUT2D eigenvalue weighted by Gasteiger charge is 2.44. The van der Waals surface area contributed by atoms with Gasteiger partial charge in [-0.05, 0) is 53.5 Å². The molecule has 1 aliphatic heterocycles. The number of halogens is 4. The predicted molar refractivity (Wildman–Crippen MR) is 181 cm³/mol. The number of nitrogens with zero attached hydrogens (tertiary/aromatic N) is 3. The molecule has 10 heteroatoms. The highest BCUT2D eigenvalue weighted by atomic mass is 19.3. The summed E-state index contributed by atoms with van der Waals surface area (Å²) in [6, 6.07) is 31.7. The van der Waals surface area contributed by atoms with Crippen LogP contribution < -0.4 is 14.2 Å². The van der Waals surface area contributed by atoms with Crippen molar-refractivity contribution in [3.63, 3.8) is 0 Å². The van der Waals surface area contributed by atoms with E-state index in [0.717, 1.165) is 53.3 Å². The molecule has 5 aromatic rings. The zero-order valence-corrected chi connectivity index (χ0v) is 27.1. The number of fused-ring (bicyclic) bond motifs is 1. The van der Waals surface area contributed by atoms with Gasteiger partial charge in [0.2, 0.25) is 6.79 Å². The van der Waals surface area contributed by atoms with Crippen LogP contribution in [-0.2, 0) is 26.2 Å². The molecule has 2 heterocycles. The summed E-state index contributed by atoms with van der Waals surface area (Å²) in [5.41, 5.74) is 5.39. The summed E-state index contributed by atoms with van der Waals surface area (Å²) in [6.45, 7) is 4.22. The van der Waals surface area contributed by atoms with Crippen LogP contribution in [0.3, 0.4) is 0 Å². The van der Waals surface area contributed by atoms with E-state index in [1.807, 2.05) is 91.0 Å². The maximum Gasteiger partial charge on any atom is 0.461 e. The molecule has 0 saturated heterocycles. The van der Waals surface area contributed by atoms with Gasteiger partial charge in [-0.15, -0.1) is 0 Å². The molecule has 0 bridgehead atoms. The van der Waals surface area contributed by atoms with Gasteiger partial charge in [-0.25, -0.2) is 4.98 Å². The Balaban J connectivity index is 1.40. The number of rotatable bonds is 15. The van der Waals surface area contributed by atoms with Crippen molar-refractivity contribution in [1.29, 1.82) is 0 Å². The lowest BCUT2D eigenvalue weighted by Crippen LogP contribution is -2.33. The van der Waals surface area contributed by atoms with Gasteiger partial charge in [-0.2, -0.15) is 17.6 Å². The molecule has 0 aliphatic carbocycles. The van der Waals surface area contributed by atoms with Gasteiger partial charge in [-0.1, -0.05) is 98.3 Å². The van der Waals surface area contributed by atoms with E-state index in [1.54, 1.807) is 6.07 Å². The van der Waals surface area contributed by atoms with Crippen LogP contribution >= 0.6 is 0 Å². The molecule has 0 spiro atoms. The standard InChI is InChI=1S/C39H37F4N3O3/c1-2-3-21-46-34(33(19-17-28-11-6-4-7-12-28)44-37(46)31-14-8-5-9-15-31)26-45(25-30-18-20-35-36(23-30)48-27-47-35)24-29-13-10-16-32(22-29)49-39(42,43)38(40)41/h4-20,22-23,38H,2-3,21,24-27H2,1H3/b19-17+. The van der Waals surface area contributed by atoms with Gasteiger partial charge < -0.3 is 18.8 Å². The highest BCUT2D eigenvalue weighted by molar-refractivity contribution is 5.71. The molecule has 0 saturated carbocycles. The van der Waals surface area contributed by atoms with E-state index in [4.69, 9.17) is 14.5 Å². The number of alkyl halides is 4. The minimum Gasteiger partial charge on any atom is -0.454 e. The van der Waals surface area contributed by atoms with Gasteiger partial charge in [0, 0.05) is 31.7 Å². The third-order valence-electron chi connectivity index (χ3n) is 8.13. The number of aromatic nitrogens is 2. The summed E-state index contributed by atoms with van der Waals surface area (Å²) < 4.78 is 71.3. The SMILES string of the molecule is CCCCn1c(-c2ccccc2)nc(/C=C/c2ccccc2)c1CN(Cc1cccc(OC(F)(F)C(F)F)c1)Cc1ccc2c(c1)OCO2. The highest BCUT2D eigenvalue weighted by Crippen LogP contribution is 2.34. The predicted octanol–water partition coefficient (Wildman–Crippen LogP) is 9.69. The molecule has 1 aromatic heterocycles. The minimum atomic E-state index is -4.61. The molecule has 0 radical (unpaired) electrons. The second-order valence-electron chi connectivity index (χ2n) is 11.8. The zero-order chi connectivity index (χ0) is 34.2. The van der Waals surface area contributed by atoms with Gasteiger partial charge in [-0.3, -0.25) is 4.90 Å². The lowest BCUT2D eigenvalue weighted by atomic mass is 10.1. The van der Waals surface area contributed by atoms with E-state index in [-0.39, 0.29) is 12.5 Å². The van der Waals surface area contributed by atoms with E-state index in [1.165, 1.54) is 18.2 Å². The summed E-state index contributed by atoms with van der Waals surface area (Å²) >= 11 is 0. The maximum absolute atomic E-state index is 13.8. The molecule has 6 rings (SSSR count). The number of imidazole rings is 1. The molecular weight excluding hydrogens is 634 g/mol. The second-order valence-corrected chi connectivity index (χ2v) is 11.8. The molecule has 0 fully saturated rings. The van der Waals surface area contributed by atoms with Crippen molar-refractivity contribution in [1.82, 2.24) is 14.5 Å². The molecule has 254 valence electrons. The van der Waals surface area contributed by atoms with E-state index in [2.05, 4.69) is 21.1 Å². The van der Waals surface area contributed by atoms with Crippen LogP contribution in [-0.4, -0.2) is 33.8 Å². The van der Waals surface area contributed by atoms with Crippen LogP contribution in [0.2, 0.25) is 0 Å². The largest absolute Gasteiger partial charge is 0.461 e. The molecule has 4 aromatic carbocycles. The number of unbranched alkanes of at least 4 members (excludes halogenated alkanes) is 1. The lowest BCUT2D eigenvalue weighted by molar-refractivity contribution is -0.253. The summed E-state index contributed by atoms with van der Waals surface area (Å²) in [6.07, 6.45) is -2.58. The first kappa shape index (κ1) is 33.8. The van der Waals surface area contributed by atoms with Crippen LogP contribution in [0.5, 0.6) is 17.2 Å². The maximum atomic E-state index is 13.8. The molecule has 6 nitrogen and oxygen atoms in total. The van der Waals surface area contributed by atoms with E-state index in [0.29, 0.717) is 36.7 Å². The van der Waals surface area contributed by atoms with E-state index in [9.17, 15) is 17.6 Å². The van der Waals surface area contributed by atoms with Crippen molar-refractivity contribution >= 4 is 12.2 Å². The number of ether oxygens (including phenoxy) is 3. The molecule has 1 aliphatic rings. The Labute approximate surface area is 283 Å². The first-order valence-corrected chi connectivity index (χ1v) is 16.2. The van der Waals surface area contributed by atoms with Crippen LogP contribution in [0.15, 0.2) is 103 Å². The fourth-order valence-electron chi connectivity index (χ4n) is 5.75. The average Bonchev–Trinajstić information content (AvgIpc) is 3.71.